The van der Waals surface area contributed by atoms with E-state index >= 15 is 0 Å². The van der Waals surface area contributed by atoms with Gasteiger partial charge in [-0.15, -0.1) is 0 Å². The van der Waals surface area contributed by atoms with E-state index in [4.69, 9.17) is 9.47 Å². The molecule has 2 aromatic carbocycles. The van der Waals surface area contributed by atoms with Crippen molar-refractivity contribution in [1.82, 2.24) is 0 Å². The van der Waals surface area contributed by atoms with Crippen LogP contribution >= 0.6 is 0 Å². The minimum atomic E-state index is -0.428. The van der Waals surface area contributed by atoms with Crippen molar-refractivity contribution in [2.24, 2.45) is 0 Å². The van der Waals surface area contributed by atoms with Crippen molar-refractivity contribution in [1.29, 1.82) is 0 Å². The summed E-state index contributed by atoms with van der Waals surface area (Å²) in [6.45, 7) is 1.31. The van der Waals surface area contributed by atoms with Crippen LogP contribution in [0.3, 0.4) is 0 Å². The fraction of sp³-hybridized carbons (Fsp3) is 0.300. The third kappa shape index (κ3) is 3.22. The Hall–Kier alpha value is -3.02. The van der Waals surface area contributed by atoms with Crippen LogP contribution in [0.2, 0.25) is 0 Å². The molecule has 134 valence electrons. The van der Waals surface area contributed by atoms with Gasteiger partial charge in [-0.2, -0.15) is 0 Å². The lowest BCUT2D eigenvalue weighted by Crippen LogP contribution is -2.43. The number of para-hydroxylation sites is 1. The molecule has 1 fully saturated rings. The van der Waals surface area contributed by atoms with Crippen LogP contribution in [0, 0.1) is 0 Å². The highest BCUT2D eigenvalue weighted by molar-refractivity contribution is 6.05. The van der Waals surface area contributed by atoms with Gasteiger partial charge >= 0.3 is 5.97 Å². The first-order valence-electron chi connectivity index (χ1n) is 8.79. The first kappa shape index (κ1) is 16.4. The molecule has 2 heterocycles. The highest BCUT2D eigenvalue weighted by Gasteiger charge is 2.36. The number of amides is 1. The van der Waals surface area contributed by atoms with Crippen LogP contribution in [0.5, 0.6) is 5.75 Å². The van der Waals surface area contributed by atoms with Gasteiger partial charge in [-0.3, -0.25) is 4.79 Å². The molecular formula is C20H20N2O4. The van der Waals surface area contributed by atoms with E-state index in [-0.39, 0.29) is 25.2 Å². The molecule has 6 heteroatoms. The number of carbonyl (C=O) groups excluding carboxylic acids is 2. The first-order valence-corrected chi connectivity index (χ1v) is 8.79. The molecule has 2 aliphatic rings. The zero-order chi connectivity index (χ0) is 17.9. The Morgan fingerprint density at radius 3 is 2.85 bits per heavy atom. The Morgan fingerprint density at radius 2 is 2.00 bits per heavy atom. The van der Waals surface area contributed by atoms with Gasteiger partial charge in [0.2, 0.25) is 5.91 Å². The highest BCUT2D eigenvalue weighted by atomic mass is 16.6. The van der Waals surface area contributed by atoms with Crippen molar-refractivity contribution in [2.45, 2.75) is 18.9 Å². The number of anilines is 2. The molecule has 2 aromatic rings. The zero-order valence-corrected chi connectivity index (χ0v) is 14.3. The van der Waals surface area contributed by atoms with Gasteiger partial charge in [0.1, 0.15) is 25.0 Å². The van der Waals surface area contributed by atoms with Crippen molar-refractivity contribution < 1.29 is 19.1 Å². The molecule has 0 aromatic heterocycles. The molecule has 4 rings (SSSR count). The van der Waals surface area contributed by atoms with Gasteiger partial charge in [0.15, 0.2) is 0 Å². The van der Waals surface area contributed by atoms with E-state index in [1.165, 1.54) is 0 Å². The van der Waals surface area contributed by atoms with E-state index in [2.05, 4.69) is 10.2 Å². The average Bonchev–Trinajstić information content (AvgIpc) is 3.16. The quantitative estimate of drug-likeness (QED) is 0.662. The molecule has 0 bridgehead atoms. The highest BCUT2D eigenvalue weighted by Crippen LogP contribution is 2.37. The SMILES string of the molecule is O=C(OCCOc1ccccc1)c1ccc2c(c1)NC(=O)[C@H]1CCCN21. The summed E-state index contributed by atoms with van der Waals surface area (Å²) in [7, 11) is 0. The van der Waals surface area contributed by atoms with E-state index in [0.717, 1.165) is 30.8 Å². The van der Waals surface area contributed by atoms with Crippen LogP contribution < -0.4 is 15.0 Å². The maximum Gasteiger partial charge on any atom is 0.338 e. The summed E-state index contributed by atoms with van der Waals surface area (Å²) in [5, 5.41) is 2.90. The lowest BCUT2D eigenvalue weighted by molar-refractivity contribution is -0.117. The first-order chi connectivity index (χ1) is 12.7. The summed E-state index contributed by atoms with van der Waals surface area (Å²) in [4.78, 5) is 26.5. The minimum absolute atomic E-state index is 0.00298. The fourth-order valence-corrected chi connectivity index (χ4v) is 3.45. The number of benzene rings is 2. The van der Waals surface area contributed by atoms with Crippen molar-refractivity contribution in [3.8, 4) is 5.75 Å². The number of nitrogens with zero attached hydrogens (tertiary/aromatic N) is 1. The smallest absolute Gasteiger partial charge is 0.338 e. The summed E-state index contributed by atoms with van der Waals surface area (Å²) in [5.74, 6) is 0.305. The largest absolute Gasteiger partial charge is 0.490 e. The molecule has 2 aliphatic heterocycles. The summed E-state index contributed by atoms with van der Waals surface area (Å²) in [6, 6.07) is 14.6. The second kappa shape index (κ2) is 7.07. The summed E-state index contributed by atoms with van der Waals surface area (Å²) < 4.78 is 10.8. The molecule has 6 nitrogen and oxygen atoms in total. The second-order valence-electron chi connectivity index (χ2n) is 6.37. The lowest BCUT2D eigenvalue weighted by atomic mass is 10.1. The van der Waals surface area contributed by atoms with Crippen LogP contribution in [0.4, 0.5) is 11.4 Å². The number of esters is 1. The van der Waals surface area contributed by atoms with Gasteiger partial charge in [0.25, 0.3) is 0 Å². The van der Waals surface area contributed by atoms with Crippen molar-refractivity contribution in [3.63, 3.8) is 0 Å². The van der Waals surface area contributed by atoms with Crippen LogP contribution in [0.1, 0.15) is 23.2 Å². The normalized spacial score (nSPS) is 17.9. The van der Waals surface area contributed by atoms with Gasteiger partial charge in [-0.05, 0) is 43.2 Å². The number of hydrogen-bond donors (Lipinski definition) is 1. The molecule has 1 saturated heterocycles. The minimum Gasteiger partial charge on any atom is -0.490 e. The van der Waals surface area contributed by atoms with Gasteiger partial charge < -0.3 is 19.7 Å². The monoisotopic (exact) mass is 352 g/mol. The molecule has 0 saturated carbocycles. The second-order valence-corrected chi connectivity index (χ2v) is 6.37. The lowest BCUT2D eigenvalue weighted by Gasteiger charge is -2.33. The Kier molecular flexibility index (Phi) is 4.48. The topological polar surface area (TPSA) is 67.9 Å². The van der Waals surface area contributed by atoms with Gasteiger partial charge in [0.05, 0.1) is 16.9 Å². The maximum absolute atomic E-state index is 12.2. The van der Waals surface area contributed by atoms with Crippen LogP contribution in [0.25, 0.3) is 0 Å². The van der Waals surface area contributed by atoms with Crippen molar-refractivity contribution in [3.05, 3.63) is 54.1 Å². The summed E-state index contributed by atoms with van der Waals surface area (Å²) in [5.41, 5.74) is 2.06. The number of nitrogens with one attached hydrogen (secondary N) is 1. The molecule has 0 aliphatic carbocycles. The Morgan fingerprint density at radius 1 is 1.15 bits per heavy atom. The van der Waals surface area contributed by atoms with E-state index in [1.54, 1.807) is 12.1 Å². The predicted octanol–water partition coefficient (Wildman–Crippen LogP) is 2.84. The number of hydrogen-bond acceptors (Lipinski definition) is 5. The number of rotatable bonds is 5. The molecular weight excluding hydrogens is 332 g/mol. The summed E-state index contributed by atoms with van der Waals surface area (Å²) in [6.07, 6.45) is 1.87. The third-order valence-corrected chi connectivity index (χ3v) is 4.68. The van der Waals surface area contributed by atoms with Gasteiger partial charge in [0, 0.05) is 6.54 Å². The number of carbonyl (C=O) groups is 2. The Balaban J connectivity index is 1.37. The predicted molar refractivity (Wildman–Crippen MR) is 97.7 cm³/mol. The third-order valence-electron chi connectivity index (χ3n) is 4.68. The van der Waals surface area contributed by atoms with Crippen LogP contribution in [0.15, 0.2) is 48.5 Å². The van der Waals surface area contributed by atoms with Crippen molar-refractivity contribution >= 4 is 23.3 Å². The average molecular weight is 352 g/mol. The molecule has 26 heavy (non-hydrogen) atoms. The summed E-state index contributed by atoms with van der Waals surface area (Å²) >= 11 is 0. The van der Waals surface area contributed by atoms with E-state index in [0.29, 0.717) is 11.3 Å². The maximum atomic E-state index is 12.2. The van der Waals surface area contributed by atoms with Gasteiger partial charge in [-0.25, -0.2) is 4.79 Å². The molecule has 1 amide bonds. The number of ether oxygens (including phenoxy) is 2. The van der Waals surface area contributed by atoms with Crippen LogP contribution in [-0.2, 0) is 9.53 Å². The van der Waals surface area contributed by atoms with Crippen molar-refractivity contribution in [2.75, 3.05) is 30.0 Å². The van der Waals surface area contributed by atoms with E-state index in [9.17, 15) is 9.59 Å². The molecule has 1 N–H and O–H groups in total. The standard InChI is InChI=1S/C20H20N2O4/c23-19-18-7-4-10-22(18)17-9-8-14(13-16(17)21-19)20(24)26-12-11-25-15-5-2-1-3-6-15/h1-3,5-6,8-9,13,18H,4,7,10-12H2,(H,21,23)/t18-/m1/s1. The van der Waals surface area contributed by atoms with E-state index < -0.39 is 5.97 Å². The Labute approximate surface area is 151 Å². The zero-order valence-electron chi connectivity index (χ0n) is 14.3. The molecule has 0 spiro atoms. The van der Waals surface area contributed by atoms with Crippen LogP contribution in [-0.4, -0.2) is 37.7 Å². The molecule has 1 atom stereocenters. The molecule has 0 unspecified atom stereocenters. The van der Waals surface area contributed by atoms with E-state index in [1.807, 2.05) is 36.4 Å². The van der Waals surface area contributed by atoms with Gasteiger partial charge in [-0.1, -0.05) is 18.2 Å². The molecule has 0 radical (unpaired) electrons. The number of fused-ring (bicyclic) bond motifs is 3. The Bertz CT molecular complexity index is 822. The fourth-order valence-electron chi connectivity index (χ4n) is 3.45.